The maximum atomic E-state index is 9.01. The third-order valence-corrected chi connectivity index (χ3v) is 3.91. The van der Waals surface area contributed by atoms with Gasteiger partial charge in [-0.25, -0.2) is 0 Å². The number of fused-ring (bicyclic) bond motifs is 1. The number of rotatable bonds is 2. The molecule has 3 aromatic rings. The molecule has 0 radical (unpaired) electrons. The molecule has 4 nitrogen and oxygen atoms in total. The Hall–Kier alpha value is -2.67. The molecular formula is C16H12N4. The predicted molar refractivity (Wildman–Crippen MR) is 74.2 cm³/mol. The normalized spacial score (nSPS) is 20.8. The highest BCUT2D eigenvalue weighted by Gasteiger charge is 2.42. The molecule has 1 aliphatic rings. The first-order valence-electron chi connectivity index (χ1n) is 6.66. The van der Waals surface area contributed by atoms with Crippen molar-refractivity contribution in [2.45, 2.75) is 18.3 Å². The van der Waals surface area contributed by atoms with Gasteiger partial charge in [-0.3, -0.25) is 4.40 Å². The minimum absolute atomic E-state index is 0.404. The maximum Gasteiger partial charge on any atom is 0.160 e. The van der Waals surface area contributed by atoms with Gasteiger partial charge < -0.3 is 0 Å². The van der Waals surface area contributed by atoms with Crippen molar-refractivity contribution in [1.29, 1.82) is 5.26 Å². The molecule has 0 N–H and O–H groups in total. The van der Waals surface area contributed by atoms with Crippen molar-refractivity contribution >= 4 is 5.65 Å². The van der Waals surface area contributed by atoms with E-state index in [1.807, 2.05) is 22.7 Å². The average Bonchev–Trinajstić information content (AvgIpc) is 3.20. The minimum Gasteiger partial charge on any atom is -0.285 e. The Bertz CT molecular complexity index is 813. The fourth-order valence-corrected chi connectivity index (χ4v) is 2.78. The van der Waals surface area contributed by atoms with Crippen molar-refractivity contribution in [1.82, 2.24) is 14.6 Å². The first-order valence-corrected chi connectivity index (χ1v) is 6.66. The molecule has 2 heterocycles. The van der Waals surface area contributed by atoms with E-state index in [2.05, 4.69) is 40.5 Å². The molecule has 20 heavy (non-hydrogen) atoms. The van der Waals surface area contributed by atoms with Gasteiger partial charge in [-0.15, -0.1) is 10.2 Å². The zero-order chi connectivity index (χ0) is 13.5. The number of nitriles is 1. The van der Waals surface area contributed by atoms with Gasteiger partial charge in [0, 0.05) is 12.1 Å². The van der Waals surface area contributed by atoms with E-state index in [4.69, 9.17) is 5.26 Å². The van der Waals surface area contributed by atoms with Gasteiger partial charge in [-0.2, -0.15) is 5.26 Å². The Kier molecular flexibility index (Phi) is 2.33. The van der Waals surface area contributed by atoms with Gasteiger partial charge >= 0.3 is 0 Å². The van der Waals surface area contributed by atoms with Crippen LogP contribution in [-0.2, 0) is 0 Å². The summed E-state index contributed by atoms with van der Waals surface area (Å²) in [6, 6.07) is 16.3. The summed E-state index contributed by atoms with van der Waals surface area (Å²) in [4.78, 5) is 0. The largest absolute Gasteiger partial charge is 0.285 e. The molecule has 1 aliphatic carbocycles. The molecule has 1 saturated carbocycles. The molecule has 2 aromatic heterocycles. The Labute approximate surface area is 116 Å². The molecule has 2 atom stereocenters. The summed E-state index contributed by atoms with van der Waals surface area (Å²) in [6.07, 6.45) is 2.92. The number of hydrogen-bond acceptors (Lipinski definition) is 3. The molecule has 0 aliphatic heterocycles. The molecule has 96 valence electrons. The van der Waals surface area contributed by atoms with Crippen molar-refractivity contribution in [2.24, 2.45) is 0 Å². The second kappa shape index (κ2) is 4.17. The lowest BCUT2D eigenvalue weighted by Crippen LogP contribution is -1.94. The lowest BCUT2D eigenvalue weighted by molar-refractivity contribution is 0.869. The van der Waals surface area contributed by atoms with E-state index in [9.17, 15) is 0 Å². The number of aromatic nitrogens is 3. The van der Waals surface area contributed by atoms with Gasteiger partial charge in [0.25, 0.3) is 0 Å². The molecule has 0 spiro atoms. The lowest BCUT2D eigenvalue weighted by Gasteiger charge is -2.00. The molecular weight excluding hydrogens is 248 g/mol. The molecule has 4 rings (SSSR count). The Balaban J connectivity index is 1.72. The monoisotopic (exact) mass is 260 g/mol. The van der Waals surface area contributed by atoms with Gasteiger partial charge in [0.05, 0.1) is 5.56 Å². The highest BCUT2D eigenvalue weighted by atomic mass is 15.3. The quantitative estimate of drug-likeness (QED) is 0.712. The molecule has 1 fully saturated rings. The van der Waals surface area contributed by atoms with Crippen LogP contribution in [-0.4, -0.2) is 14.6 Å². The number of pyridine rings is 1. The molecule has 0 saturated heterocycles. The number of benzene rings is 1. The van der Waals surface area contributed by atoms with Gasteiger partial charge in [-0.05, 0) is 30.0 Å². The van der Waals surface area contributed by atoms with Crippen LogP contribution in [0.15, 0.2) is 48.7 Å². The molecule has 4 heteroatoms. The molecule has 0 amide bonds. The van der Waals surface area contributed by atoms with Gasteiger partial charge in [0.1, 0.15) is 11.9 Å². The van der Waals surface area contributed by atoms with Crippen LogP contribution in [0.5, 0.6) is 0 Å². The Morgan fingerprint density at radius 2 is 1.90 bits per heavy atom. The van der Waals surface area contributed by atoms with Crippen LogP contribution in [0.2, 0.25) is 0 Å². The summed E-state index contributed by atoms with van der Waals surface area (Å²) in [5, 5.41) is 17.5. The van der Waals surface area contributed by atoms with E-state index in [-0.39, 0.29) is 0 Å². The molecule has 2 unspecified atom stereocenters. The number of nitrogens with zero attached hydrogens (tertiary/aromatic N) is 4. The van der Waals surface area contributed by atoms with Crippen molar-refractivity contribution in [3.8, 4) is 6.07 Å². The summed E-state index contributed by atoms with van der Waals surface area (Å²) in [7, 11) is 0. The summed E-state index contributed by atoms with van der Waals surface area (Å²) >= 11 is 0. The SMILES string of the molecule is N#Cc1ccc2nnc(C3CC3c3ccccc3)n2c1. The van der Waals surface area contributed by atoms with Crippen LogP contribution in [0.3, 0.4) is 0 Å². The van der Waals surface area contributed by atoms with Crippen LogP contribution in [0, 0.1) is 11.3 Å². The lowest BCUT2D eigenvalue weighted by atomic mass is 10.1. The van der Waals surface area contributed by atoms with Gasteiger partial charge in [0.15, 0.2) is 5.65 Å². The van der Waals surface area contributed by atoms with E-state index >= 15 is 0 Å². The summed E-state index contributed by atoms with van der Waals surface area (Å²) in [5.41, 5.74) is 2.79. The van der Waals surface area contributed by atoms with Crippen molar-refractivity contribution in [2.75, 3.05) is 0 Å². The van der Waals surface area contributed by atoms with E-state index in [0.29, 0.717) is 17.4 Å². The zero-order valence-corrected chi connectivity index (χ0v) is 10.8. The summed E-state index contributed by atoms with van der Waals surface area (Å²) < 4.78 is 1.95. The van der Waals surface area contributed by atoms with Crippen LogP contribution in [0.1, 0.15) is 35.2 Å². The Morgan fingerprint density at radius 3 is 2.70 bits per heavy atom. The van der Waals surface area contributed by atoms with Gasteiger partial charge in [0.2, 0.25) is 0 Å². The topological polar surface area (TPSA) is 54.0 Å². The first kappa shape index (κ1) is 11.2. The zero-order valence-electron chi connectivity index (χ0n) is 10.8. The summed E-state index contributed by atoms with van der Waals surface area (Å²) in [6.45, 7) is 0. The van der Waals surface area contributed by atoms with Crippen LogP contribution >= 0.6 is 0 Å². The van der Waals surface area contributed by atoms with Crippen LogP contribution in [0.25, 0.3) is 5.65 Å². The second-order valence-electron chi connectivity index (χ2n) is 5.18. The number of hydrogen-bond donors (Lipinski definition) is 0. The highest BCUT2D eigenvalue weighted by Crippen LogP contribution is 2.53. The van der Waals surface area contributed by atoms with Crippen LogP contribution in [0.4, 0.5) is 0 Å². The maximum absolute atomic E-state index is 9.01. The van der Waals surface area contributed by atoms with E-state index < -0.39 is 0 Å². The summed E-state index contributed by atoms with van der Waals surface area (Å²) in [5.74, 6) is 1.89. The predicted octanol–water partition coefficient (Wildman–Crippen LogP) is 2.87. The average molecular weight is 260 g/mol. The van der Waals surface area contributed by atoms with E-state index in [0.717, 1.165) is 17.9 Å². The van der Waals surface area contributed by atoms with Crippen molar-refractivity contribution in [3.63, 3.8) is 0 Å². The molecule has 0 bridgehead atoms. The van der Waals surface area contributed by atoms with E-state index in [1.165, 1.54) is 5.56 Å². The fraction of sp³-hybridized carbons (Fsp3) is 0.188. The van der Waals surface area contributed by atoms with Crippen molar-refractivity contribution < 1.29 is 0 Å². The highest BCUT2D eigenvalue weighted by molar-refractivity contribution is 5.44. The smallest absolute Gasteiger partial charge is 0.160 e. The third-order valence-electron chi connectivity index (χ3n) is 3.91. The molecule has 1 aromatic carbocycles. The third kappa shape index (κ3) is 1.68. The standard InChI is InChI=1S/C16H12N4/c17-9-11-6-7-15-18-19-16(20(15)10-11)14-8-13(14)12-4-2-1-3-5-12/h1-7,10,13-14H,8H2. The Morgan fingerprint density at radius 1 is 1.05 bits per heavy atom. The van der Waals surface area contributed by atoms with Crippen LogP contribution < -0.4 is 0 Å². The second-order valence-corrected chi connectivity index (χ2v) is 5.18. The fourth-order valence-electron chi connectivity index (χ4n) is 2.78. The minimum atomic E-state index is 0.404. The van der Waals surface area contributed by atoms with E-state index in [1.54, 1.807) is 6.07 Å². The first-order chi connectivity index (χ1) is 9.86. The van der Waals surface area contributed by atoms with Crippen molar-refractivity contribution in [3.05, 3.63) is 65.6 Å². The van der Waals surface area contributed by atoms with Gasteiger partial charge in [-0.1, -0.05) is 30.3 Å².